The van der Waals surface area contributed by atoms with Gasteiger partial charge in [0.2, 0.25) is 0 Å². The minimum Gasteiger partial charge on any atom is -0.496 e. The van der Waals surface area contributed by atoms with Crippen molar-refractivity contribution in [2.75, 3.05) is 7.11 Å². The number of rotatable bonds is 4. The molecule has 0 aliphatic carbocycles. The summed E-state index contributed by atoms with van der Waals surface area (Å²) in [5, 5.41) is 3.74. The van der Waals surface area contributed by atoms with Crippen molar-refractivity contribution in [2.45, 2.75) is 0 Å². The lowest BCUT2D eigenvalue weighted by molar-refractivity contribution is 0.0953. The minimum absolute atomic E-state index is 0.244. The lowest BCUT2D eigenvalue weighted by Gasteiger charge is -2.03. The number of hydrazone groups is 1. The van der Waals surface area contributed by atoms with Gasteiger partial charge in [0.25, 0.3) is 11.5 Å². The van der Waals surface area contributed by atoms with E-state index in [9.17, 15) is 14.4 Å². The van der Waals surface area contributed by atoms with Crippen LogP contribution in [0.15, 0.2) is 45.2 Å². The molecule has 1 amide bonds. The van der Waals surface area contributed by atoms with Gasteiger partial charge in [-0.25, -0.2) is 10.2 Å². The number of nitrogens with one attached hydrogen (secondary N) is 3. The Morgan fingerprint density at radius 1 is 1.33 bits per heavy atom. The van der Waals surface area contributed by atoms with Gasteiger partial charge in [0.1, 0.15) is 11.3 Å². The molecule has 8 heteroatoms. The largest absolute Gasteiger partial charge is 0.496 e. The summed E-state index contributed by atoms with van der Waals surface area (Å²) in [6.07, 6.45) is 2.41. The van der Waals surface area contributed by atoms with Crippen molar-refractivity contribution in [3.63, 3.8) is 0 Å². The van der Waals surface area contributed by atoms with Crippen molar-refractivity contribution >= 4 is 12.1 Å². The first kappa shape index (κ1) is 14.3. The van der Waals surface area contributed by atoms with Crippen LogP contribution in [0.25, 0.3) is 0 Å². The van der Waals surface area contributed by atoms with Crippen LogP contribution in [-0.2, 0) is 0 Å². The highest BCUT2D eigenvalue weighted by Crippen LogP contribution is 2.14. The first-order chi connectivity index (χ1) is 10.1. The molecular weight excluding hydrogens is 276 g/mol. The molecule has 0 fully saturated rings. The molecule has 0 spiro atoms. The smallest absolute Gasteiger partial charge is 0.325 e. The number of amides is 1. The molecule has 3 N–H and O–H groups in total. The van der Waals surface area contributed by atoms with Gasteiger partial charge in [0.05, 0.1) is 13.3 Å². The van der Waals surface area contributed by atoms with E-state index in [-0.39, 0.29) is 5.56 Å². The normalized spacial score (nSPS) is 10.5. The number of aromatic amines is 2. The molecule has 8 nitrogen and oxygen atoms in total. The maximum Gasteiger partial charge on any atom is 0.325 e. The molecule has 0 radical (unpaired) electrons. The van der Waals surface area contributed by atoms with E-state index in [0.717, 1.165) is 6.20 Å². The van der Waals surface area contributed by atoms with E-state index in [1.165, 1.54) is 13.3 Å². The molecule has 21 heavy (non-hydrogen) atoms. The molecule has 2 aromatic rings. The molecule has 1 heterocycles. The van der Waals surface area contributed by atoms with Crippen molar-refractivity contribution in [3.05, 3.63) is 62.4 Å². The summed E-state index contributed by atoms with van der Waals surface area (Å²) in [5.41, 5.74) is 1.14. The van der Waals surface area contributed by atoms with Crippen molar-refractivity contribution in [2.24, 2.45) is 5.10 Å². The van der Waals surface area contributed by atoms with Gasteiger partial charge in [-0.05, 0) is 12.1 Å². The van der Waals surface area contributed by atoms with Crippen LogP contribution in [0.5, 0.6) is 5.75 Å². The number of hydrogen-bond donors (Lipinski definition) is 3. The summed E-state index contributed by atoms with van der Waals surface area (Å²) in [5.74, 6) is -0.143. The van der Waals surface area contributed by atoms with Crippen LogP contribution in [0.3, 0.4) is 0 Å². The molecule has 0 saturated heterocycles. The van der Waals surface area contributed by atoms with Crippen LogP contribution in [0.4, 0.5) is 0 Å². The lowest BCUT2D eigenvalue weighted by atomic mass is 10.2. The Morgan fingerprint density at radius 3 is 2.81 bits per heavy atom. The Labute approximate surface area is 118 Å². The van der Waals surface area contributed by atoms with Crippen LogP contribution in [-0.4, -0.2) is 29.2 Å². The Hall–Kier alpha value is -3.16. The van der Waals surface area contributed by atoms with Crippen molar-refractivity contribution < 1.29 is 9.53 Å². The van der Waals surface area contributed by atoms with Crippen LogP contribution >= 0.6 is 0 Å². The van der Waals surface area contributed by atoms with Crippen molar-refractivity contribution in [1.29, 1.82) is 0 Å². The maximum absolute atomic E-state index is 11.7. The zero-order chi connectivity index (χ0) is 15.2. The third kappa shape index (κ3) is 3.44. The van der Waals surface area contributed by atoms with Gasteiger partial charge >= 0.3 is 5.69 Å². The van der Waals surface area contributed by atoms with Gasteiger partial charge in [0, 0.05) is 11.8 Å². The van der Waals surface area contributed by atoms with Gasteiger partial charge in [-0.2, -0.15) is 5.10 Å². The summed E-state index contributed by atoms with van der Waals surface area (Å²) in [7, 11) is 1.52. The molecule has 0 aliphatic rings. The van der Waals surface area contributed by atoms with E-state index in [4.69, 9.17) is 4.74 Å². The van der Waals surface area contributed by atoms with Crippen LogP contribution < -0.4 is 21.4 Å². The zero-order valence-corrected chi connectivity index (χ0v) is 11.0. The highest BCUT2D eigenvalue weighted by Gasteiger charge is 2.09. The SMILES string of the molecule is COc1ccccc1C=NNC(=O)c1c[nH]c(=O)[nH]c1=O. The summed E-state index contributed by atoms with van der Waals surface area (Å²) in [6.45, 7) is 0. The molecule has 0 unspecified atom stereocenters. The molecule has 108 valence electrons. The fraction of sp³-hybridized carbons (Fsp3) is 0.0769. The number of carbonyl (C=O) groups is 1. The summed E-state index contributed by atoms with van der Waals surface area (Å²) in [4.78, 5) is 38.1. The van der Waals surface area contributed by atoms with Crippen LogP contribution in [0, 0.1) is 0 Å². The van der Waals surface area contributed by atoms with E-state index in [1.54, 1.807) is 24.3 Å². The zero-order valence-electron chi connectivity index (χ0n) is 11.0. The third-order valence-electron chi connectivity index (χ3n) is 2.57. The summed E-state index contributed by atoms with van der Waals surface area (Å²) in [6, 6.07) is 7.09. The molecule has 0 atom stereocenters. The van der Waals surface area contributed by atoms with Gasteiger partial charge in [-0.15, -0.1) is 0 Å². The minimum atomic E-state index is -0.788. The van der Waals surface area contributed by atoms with Crippen LogP contribution in [0.1, 0.15) is 15.9 Å². The molecule has 1 aromatic carbocycles. The molecule has 0 bridgehead atoms. The molecule has 1 aromatic heterocycles. The fourth-order valence-corrected chi connectivity index (χ4v) is 1.57. The molecular formula is C13H12N4O4. The second-order valence-electron chi connectivity index (χ2n) is 3.93. The average molecular weight is 288 g/mol. The Kier molecular flexibility index (Phi) is 4.30. The Bertz CT molecular complexity index is 791. The first-order valence-electron chi connectivity index (χ1n) is 5.90. The highest BCUT2D eigenvalue weighted by atomic mass is 16.5. The van der Waals surface area contributed by atoms with Gasteiger partial charge in [0.15, 0.2) is 0 Å². The fourth-order valence-electron chi connectivity index (χ4n) is 1.57. The van der Waals surface area contributed by atoms with E-state index in [0.29, 0.717) is 11.3 Å². The monoisotopic (exact) mass is 288 g/mol. The molecule has 2 rings (SSSR count). The Balaban J connectivity index is 2.12. The van der Waals surface area contributed by atoms with Crippen LogP contribution in [0.2, 0.25) is 0 Å². The average Bonchev–Trinajstić information content (AvgIpc) is 2.47. The van der Waals surface area contributed by atoms with E-state index < -0.39 is 17.2 Å². The lowest BCUT2D eigenvalue weighted by Crippen LogP contribution is -2.31. The third-order valence-corrected chi connectivity index (χ3v) is 2.57. The number of para-hydroxylation sites is 1. The number of ether oxygens (including phenoxy) is 1. The molecule has 0 saturated carbocycles. The quantitative estimate of drug-likeness (QED) is 0.535. The predicted molar refractivity (Wildman–Crippen MR) is 75.7 cm³/mol. The number of benzene rings is 1. The highest BCUT2D eigenvalue weighted by molar-refractivity contribution is 5.94. The van der Waals surface area contributed by atoms with Gasteiger partial charge in [-0.3, -0.25) is 14.6 Å². The van der Waals surface area contributed by atoms with Gasteiger partial charge in [-0.1, -0.05) is 12.1 Å². The molecule has 0 aliphatic heterocycles. The first-order valence-corrected chi connectivity index (χ1v) is 5.90. The maximum atomic E-state index is 11.7. The second-order valence-corrected chi connectivity index (χ2v) is 3.93. The second kappa shape index (κ2) is 6.33. The van der Waals surface area contributed by atoms with E-state index in [1.807, 2.05) is 4.98 Å². The summed E-state index contributed by atoms with van der Waals surface area (Å²) >= 11 is 0. The Morgan fingerprint density at radius 2 is 2.10 bits per heavy atom. The standard InChI is InChI=1S/C13H12N4O4/c1-21-10-5-3-2-4-8(10)6-15-17-12(19)9-7-14-13(20)16-11(9)18/h2-7H,1H3,(H,17,19)(H2,14,16,18,20). The summed E-state index contributed by atoms with van der Waals surface area (Å²) < 4.78 is 5.12. The number of methoxy groups -OCH3 is 1. The number of carbonyl (C=O) groups excluding carboxylic acids is 1. The topological polar surface area (TPSA) is 116 Å². The van der Waals surface area contributed by atoms with E-state index in [2.05, 4.69) is 15.5 Å². The van der Waals surface area contributed by atoms with Crippen molar-refractivity contribution in [3.8, 4) is 5.75 Å². The number of nitrogens with zero attached hydrogens (tertiary/aromatic N) is 1. The van der Waals surface area contributed by atoms with Gasteiger partial charge < -0.3 is 9.72 Å². The number of aromatic nitrogens is 2. The van der Waals surface area contributed by atoms with E-state index >= 15 is 0 Å². The predicted octanol–water partition coefficient (Wildman–Crippen LogP) is -0.164. The van der Waals surface area contributed by atoms with Crippen molar-refractivity contribution in [1.82, 2.24) is 15.4 Å². The number of hydrogen-bond acceptors (Lipinski definition) is 5. The number of H-pyrrole nitrogens is 2.